The van der Waals surface area contributed by atoms with E-state index in [0.717, 1.165) is 44.4 Å². The molecule has 6 heteroatoms. The maximum absolute atomic E-state index is 7.65. The predicted molar refractivity (Wildman–Crippen MR) is 294 cm³/mol. The third kappa shape index (κ3) is 9.37. The molecule has 0 bridgehead atoms. The molecule has 0 fully saturated rings. The van der Waals surface area contributed by atoms with E-state index in [-0.39, 0.29) is 48.5 Å². The molecule has 0 unspecified atom stereocenters. The van der Waals surface area contributed by atoms with E-state index in [1.165, 1.54) is 73.4 Å². The zero-order valence-electron chi connectivity index (χ0n) is 48.0. The molecule has 3 aromatic heterocycles. The monoisotopic (exact) mass is 1110 g/mol. The van der Waals surface area contributed by atoms with Crippen LogP contribution < -0.4 is 0 Å². The minimum atomic E-state index is -2.30. The fraction of sp³-hybridized carbons (Fsp3) is 0.246. The summed E-state index contributed by atoms with van der Waals surface area (Å²) in [5, 5.41) is 7.02. The number of hydrogen-bond acceptors (Lipinski definition) is 4. The smallest absolute Gasteiger partial charge is 0.121 e. The van der Waals surface area contributed by atoms with Crippen LogP contribution in [0.25, 0.3) is 94.1 Å². The first-order valence-corrected chi connectivity index (χ1v) is 24.2. The molecule has 0 saturated heterocycles. The Morgan fingerprint density at radius 1 is 0.634 bits per heavy atom. The number of benzene rings is 8. The van der Waals surface area contributed by atoms with E-state index in [2.05, 4.69) is 190 Å². The molecule has 0 saturated carbocycles. The number of imidazole rings is 1. The fourth-order valence-electron chi connectivity index (χ4n) is 9.62. The maximum Gasteiger partial charge on any atom is 0.121 e. The summed E-state index contributed by atoms with van der Waals surface area (Å²) in [5.74, 6) is 1.70. The van der Waals surface area contributed by atoms with Gasteiger partial charge in [0, 0.05) is 56.7 Å². The third-order valence-electron chi connectivity index (χ3n) is 13.4. The topological polar surface area (TPSA) is 56.7 Å². The zero-order chi connectivity index (χ0) is 54.2. The van der Waals surface area contributed by atoms with Crippen LogP contribution in [0, 0.1) is 25.8 Å². The van der Waals surface area contributed by atoms with Crippen molar-refractivity contribution in [3.8, 4) is 39.6 Å². The van der Waals surface area contributed by atoms with Gasteiger partial charge in [0.2, 0.25) is 0 Å². The van der Waals surface area contributed by atoms with Gasteiger partial charge in [-0.3, -0.25) is 15.0 Å². The molecule has 0 aliphatic carbocycles. The molecule has 0 atom stereocenters. The molecule has 0 N–H and O–H groups in total. The summed E-state index contributed by atoms with van der Waals surface area (Å²) in [7, 11) is 0. The molecule has 71 heavy (non-hydrogen) atoms. The quantitative estimate of drug-likeness (QED) is 0.123. The van der Waals surface area contributed by atoms with Crippen molar-refractivity contribution in [2.45, 2.75) is 106 Å². The van der Waals surface area contributed by atoms with Gasteiger partial charge in [0.05, 0.1) is 28.3 Å². The number of para-hydroxylation sites is 2. The molecular weight excluding hydrogens is 1040 g/mol. The van der Waals surface area contributed by atoms with Crippen molar-refractivity contribution in [3.05, 3.63) is 191 Å². The Morgan fingerprint density at radius 3 is 2.03 bits per heavy atom. The van der Waals surface area contributed by atoms with Crippen molar-refractivity contribution in [2.75, 3.05) is 0 Å². The zero-order valence-corrected chi connectivity index (χ0v) is 44.4. The normalized spacial score (nSPS) is 13.7. The van der Waals surface area contributed by atoms with Gasteiger partial charge in [0.25, 0.3) is 0 Å². The number of aromatic nitrogens is 4. The first-order valence-electron chi connectivity index (χ1n) is 27.2. The minimum absolute atomic E-state index is 0. The molecule has 359 valence electrons. The van der Waals surface area contributed by atoms with Gasteiger partial charge in [0.15, 0.2) is 0 Å². The van der Waals surface area contributed by atoms with Gasteiger partial charge < -0.3 is 8.98 Å². The summed E-state index contributed by atoms with van der Waals surface area (Å²) in [4.78, 5) is 13.9. The predicted octanol–water partition coefficient (Wildman–Crippen LogP) is 17.8. The van der Waals surface area contributed by atoms with Crippen LogP contribution in [0.15, 0.2) is 150 Å². The first kappa shape index (κ1) is 42.0. The van der Waals surface area contributed by atoms with Crippen LogP contribution >= 0.6 is 0 Å². The average Bonchev–Trinajstić information content (AvgIpc) is 3.96. The summed E-state index contributed by atoms with van der Waals surface area (Å²) >= 11 is 0. The van der Waals surface area contributed by atoms with Crippen LogP contribution in [0.5, 0.6) is 0 Å². The number of nitrogens with zero attached hydrogens (tertiary/aromatic N) is 4. The molecule has 0 spiro atoms. The van der Waals surface area contributed by atoms with Gasteiger partial charge in [-0.15, -0.1) is 53.6 Å². The van der Waals surface area contributed by atoms with Crippen molar-refractivity contribution in [3.63, 3.8) is 0 Å². The Balaban J connectivity index is 0.000000244. The Labute approximate surface area is 441 Å². The molecule has 11 aromatic rings. The summed E-state index contributed by atoms with van der Waals surface area (Å²) in [5.41, 5.74) is 13.1. The fourth-order valence-corrected chi connectivity index (χ4v) is 9.62. The van der Waals surface area contributed by atoms with Crippen molar-refractivity contribution in [1.29, 1.82) is 0 Å². The number of hydrogen-bond donors (Lipinski definition) is 0. The second kappa shape index (κ2) is 19.1. The molecule has 0 aliphatic heterocycles. The van der Waals surface area contributed by atoms with Crippen LogP contribution in [0.4, 0.5) is 0 Å². The minimum Gasteiger partial charge on any atom is -0.501 e. The van der Waals surface area contributed by atoms with Gasteiger partial charge in [-0.25, -0.2) is 0 Å². The number of aryl methyl sites for hydroxylation is 2. The van der Waals surface area contributed by atoms with Gasteiger partial charge in [-0.1, -0.05) is 160 Å². The Hall–Kier alpha value is -6.72. The van der Waals surface area contributed by atoms with E-state index in [9.17, 15) is 0 Å². The van der Waals surface area contributed by atoms with E-state index < -0.39 is 19.1 Å². The molecule has 5 nitrogen and oxygen atoms in total. The van der Waals surface area contributed by atoms with Crippen LogP contribution in [-0.2, 0) is 30.9 Å². The third-order valence-corrected chi connectivity index (χ3v) is 13.4. The van der Waals surface area contributed by atoms with E-state index in [0.29, 0.717) is 17.1 Å². The maximum atomic E-state index is 7.65. The van der Waals surface area contributed by atoms with Gasteiger partial charge in [-0.05, 0) is 115 Å². The first-order chi connectivity index (χ1) is 35.9. The van der Waals surface area contributed by atoms with E-state index in [1.54, 1.807) is 6.07 Å². The van der Waals surface area contributed by atoms with Gasteiger partial charge in [-0.2, -0.15) is 0 Å². The van der Waals surface area contributed by atoms with E-state index in [4.69, 9.17) is 17.6 Å². The molecule has 1 radical (unpaired) electrons. The molecular formula is C65H62IrN4O-2. The largest absolute Gasteiger partial charge is 0.501 e. The average molecular weight is 1110 g/mol. The summed E-state index contributed by atoms with van der Waals surface area (Å²) < 4.78 is 54.3. The van der Waals surface area contributed by atoms with Crippen molar-refractivity contribution >= 4 is 54.5 Å². The Morgan fingerprint density at radius 2 is 1.35 bits per heavy atom. The van der Waals surface area contributed by atoms with Gasteiger partial charge in [0.1, 0.15) is 5.58 Å². The molecule has 3 heterocycles. The summed E-state index contributed by atoms with van der Waals surface area (Å²) in [6.07, 6.45) is 1.32. The Bertz CT molecular complexity index is 3960. The van der Waals surface area contributed by atoms with Crippen LogP contribution in [-0.4, -0.2) is 19.5 Å². The Kier molecular flexibility index (Phi) is 11.3. The number of fused-ring (bicyclic) bond motifs is 7. The molecule has 0 amide bonds. The van der Waals surface area contributed by atoms with E-state index >= 15 is 0 Å². The van der Waals surface area contributed by atoms with Crippen LogP contribution in [0.1, 0.15) is 123 Å². The van der Waals surface area contributed by atoms with Crippen molar-refractivity contribution in [2.24, 2.45) is 0 Å². The molecule has 0 aliphatic rings. The standard InChI is InChI=1S/C49H43N2O.C16H19N2.Ir/c1-29(2)39-26-34(31-21-23-35(24-22-31)49(5,6)7)27-40(30(3)4)46(39)51-44-18-11-10-17-43(44)50-48(51)38-16-12-15-37-42-25-33-20-19-32-13-8-9-14-36(32)41(33)28-45(42)52-47(37)38;1-11-6-8-13(9-7-11)15-17-10-12(2)14(18-15)16(3,4)5;/h8-15,17-30H,1-7H3;6-8,10H,1-5H3;/q2*-1;/i;1D3,2D3;. The van der Waals surface area contributed by atoms with E-state index in [1.807, 2.05) is 26.8 Å². The summed E-state index contributed by atoms with van der Waals surface area (Å²) in [6, 6.07) is 55.0. The number of rotatable bonds is 6. The second-order valence-corrected chi connectivity index (χ2v) is 21.2. The SMILES string of the molecule is CC(C)c1cc(-c2ccc(C(C)(C)C)cc2)cc(C(C)C)c1-n1c(-c2[c-]ccc3c2oc2cc4c(ccc5ccccc54)cc23)nc2ccccc21.[2H]C([2H])([2H])c1c[c-]c(-c2ncc(C([2H])([2H])[2H])c(C(C)(C)C)n2)cc1.[Ir]. The molecule has 11 rings (SSSR count). The van der Waals surface area contributed by atoms with Crippen LogP contribution in [0.3, 0.4) is 0 Å². The van der Waals surface area contributed by atoms with Crippen LogP contribution in [0.2, 0.25) is 0 Å². The summed E-state index contributed by atoms with van der Waals surface area (Å²) in [6.45, 7) is 17.2. The van der Waals surface area contributed by atoms with Crippen molar-refractivity contribution < 1.29 is 32.7 Å². The molecule has 8 aromatic carbocycles. The second-order valence-electron chi connectivity index (χ2n) is 21.2. The number of furan rings is 1. The van der Waals surface area contributed by atoms with Crippen molar-refractivity contribution in [1.82, 2.24) is 19.5 Å². The van der Waals surface area contributed by atoms with Gasteiger partial charge >= 0.3 is 0 Å².